The molecule has 1 aromatic heterocycles. The van der Waals surface area contributed by atoms with Gasteiger partial charge in [-0.1, -0.05) is 21.1 Å². The molecule has 1 aromatic carbocycles. The van der Waals surface area contributed by atoms with Crippen LogP contribution in [0.25, 0.3) is 0 Å². The highest BCUT2D eigenvalue weighted by atomic mass is 127. The van der Waals surface area contributed by atoms with Gasteiger partial charge >= 0.3 is 0 Å². The van der Waals surface area contributed by atoms with Gasteiger partial charge in [-0.15, -0.1) is 24.0 Å². The van der Waals surface area contributed by atoms with Crippen LogP contribution in [0, 0.1) is 19.7 Å². The van der Waals surface area contributed by atoms with E-state index in [0.29, 0.717) is 23.5 Å². The zero-order chi connectivity index (χ0) is 16.8. The first-order chi connectivity index (χ1) is 11.0. The molecular formula is C16H21BrFIN4O. The standard InChI is InChI=1S/C16H20BrFN4O.HI/c1-4-19-16(21-9-15-10(2)22-23-11(15)3)20-8-12-5-13(17)7-14(18)6-12;/h5-7H,4,8-9H2,1-3H3,(H2,19,20,21);1H. The number of guanidine groups is 1. The fourth-order valence-corrected chi connectivity index (χ4v) is 2.65. The second-order valence-electron chi connectivity index (χ2n) is 5.13. The Labute approximate surface area is 166 Å². The van der Waals surface area contributed by atoms with E-state index in [2.05, 4.69) is 36.7 Å². The van der Waals surface area contributed by atoms with Crippen molar-refractivity contribution in [2.45, 2.75) is 33.9 Å². The number of hydrogen-bond acceptors (Lipinski definition) is 3. The van der Waals surface area contributed by atoms with Crippen molar-refractivity contribution in [3.8, 4) is 0 Å². The van der Waals surface area contributed by atoms with Gasteiger partial charge in [-0.25, -0.2) is 9.38 Å². The summed E-state index contributed by atoms with van der Waals surface area (Å²) in [4.78, 5) is 4.48. The zero-order valence-electron chi connectivity index (χ0n) is 13.8. The van der Waals surface area contributed by atoms with Gasteiger partial charge < -0.3 is 15.2 Å². The van der Waals surface area contributed by atoms with E-state index >= 15 is 0 Å². The van der Waals surface area contributed by atoms with E-state index in [-0.39, 0.29) is 29.8 Å². The number of rotatable bonds is 5. The molecule has 0 spiro atoms. The van der Waals surface area contributed by atoms with Crippen LogP contribution in [0.3, 0.4) is 0 Å². The molecule has 24 heavy (non-hydrogen) atoms. The van der Waals surface area contributed by atoms with Gasteiger partial charge in [0.15, 0.2) is 5.96 Å². The van der Waals surface area contributed by atoms with Crippen molar-refractivity contribution in [2.75, 3.05) is 6.54 Å². The number of halogens is 3. The van der Waals surface area contributed by atoms with Gasteiger partial charge in [-0.2, -0.15) is 0 Å². The molecule has 0 saturated carbocycles. The maximum atomic E-state index is 13.4. The van der Waals surface area contributed by atoms with Gasteiger partial charge in [0.25, 0.3) is 0 Å². The van der Waals surface area contributed by atoms with Crippen LogP contribution in [0.5, 0.6) is 0 Å². The first kappa shape index (κ1) is 20.9. The maximum absolute atomic E-state index is 13.4. The third-order valence-electron chi connectivity index (χ3n) is 3.30. The number of aliphatic imine (C=N–C) groups is 1. The highest BCUT2D eigenvalue weighted by Crippen LogP contribution is 2.15. The van der Waals surface area contributed by atoms with Crippen molar-refractivity contribution in [1.29, 1.82) is 0 Å². The highest BCUT2D eigenvalue weighted by molar-refractivity contribution is 14.0. The van der Waals surface area contributed by atoms with Crippen LogP contribution in [0.4, 0.5) is 4.39 Å². The Kier molecular flexibility index (Phi) is 8.68. The lowest BCUT2D eigenvalue weighted by atomic mass is 10.2. The Morgan fingerprint density at radius 1 is 1.29 bits per heavy atom. The van der Waals surface area contributed by atoms with Crippen molar-refractivity contribution >= 4 is 45.9 Å². The number of aromatic nitrogens is 1. The summed E-state index contributed by atoms with van der Waals surface area (Å²) in [7, 11) is 0. The van der Waals surface area contributed by atoms with E-state index < -0.39 is 0 Å². The molecule has 1 heterocycles. The number of aryl methyl sites for hydroxylation is 2. The van der Waals surface area contributed by atoms with Crippen LogP contribution in [0.1, 0.15) is 29.5 Å². The highest BCUT2D eigenvalue weighted by Gasteiger charge is 2.09. The molecule has 0 aliphatic carbocycles. The predicted molar refractivity (Wildman–Crippen MR) is 107 cm³/mol. The van der Waals surface area contributed by atoms with Gasteiger partial charge in [0, 0.05) is 23.1 Å². The fourth-order valence-electron chi connectivity index (χ4n) is 2.14. The summed E-state index contributed by atoms with van der Waals surface area (Å²) in [5.41, 5.74) is 2.68. The predicted octanol–water partition coefficient (Wildman–Crippen LogP) is 4.07. The van der Waals surface area contributed by atoms with E-state index in [1.807, 2.05) is 26.8 Å². The van der Waals surface area contributed by atoms with Crippen LogP contribution in [0.2, 0.25) is 0 Å². The number of benzene rings is 1. The molecule has 0 radical (unpaired) electrons. The molecule has 0 atom stereocenters. The minimum atomic E-state index is -0.279. The van der Waals surface area contributed by atoms with E-state index in [1.54, 1.807) is 0 Å². The molecule has 0 bridgehead atoms. The summed E-state index contributed by atoms with van der Waals surface area (Å²) < 4.78 is 19.2. The molecule has 0 fully saturated rings. The quantitative estimate of drug-likeness (QED) is 0.361. The third-order valence-corrected chi connectivity index (χ3v) is 3.76. The number of hydrogen-bond donors (Lipinski definition) is 2. The molecule has 8 heteroatoms. The second kappa shape index (κ2) is 9.97. The lowest BCUT2D eigenvalue weighted by Crippen LogP contribution is -2.37. The molecule has 132 valence electrons. The summed E-state index contributed by atoms with van der Waals surface area (Å²) in [6.07, 6.45) is 0. The third kappa shape index (κ3) is 6.04. The van der Waals surface area contributed by atoms with Crippen LogP contribution < -0.4 is 10.6 Å². The smallest absolute Gasteiger partial charge is 0.191 e. The van der Waals surface area contributed by atoms with Crippen molar-refractivity contribution in [1.82, 2.24) is 15.8 Å². The summed E-state index contributed by atoms with van der Waals surface area (Å²) >= 11 is 3.29. The monoisotopic (exact) mass is 510 g/mol. The second-order valence-corrected chi connectivity index (χ2v) is 6.04. The van der Waals surface area contributed by atoms with E-state index in [0.717, 1.165) is 29.1 Å². The minimum absolute atomic E-state index is 0. The molecule has 2 rings (SSSR count). The Morgan fingerprint density at radius 3 is 2.62 bits per heavy atom. The number of nitrogens with zero attached hydrogens (tertiary/aromatic N) is 2. The van der Waals surface area contributed by atoms with Gasteiger partial charge in [0.1, 0.15) is 11.6 Å². The molecule has 0 aliphatic rings. The van der Waals surface area contributed by atoms with E-state index in [1.165, 1.54) is 12.1 Å². The molecule has 0 aliphatic heterocycles. The van der Waals surface area contributed by atoms with Crippen LogP contribution in [0.15, 0.2) is 32.2 Å². The first-order valence-corrected chi connectivity index (χ1v) is 8.17. The summed E-state index contributed by atoms with van der Waals surface area (Å²) in [6.45, 7) is 7.46. The Balaban J connectivity index is 0.00000288. The largest absolute Gasteiger partial charge is 0.361 e. The van der Waals surface area contributed by atoms with Gasteiger partial charge in [-0.3, -0.25) is 0 Å². The molecule has 0 saturated heterocycles. The average molecular weight is 511 g/mol. The molecule has 2 aromatic rings. The summed E-state index contributed by atoms with van der Waals surface area (Å²) in [5, 5.41) is 10.3. The van der Waals surface area contributed by atoms with Gasteiger partial charge in [0.05, 0.1) is 12.2 Å². The Morgan fingerprint density at radius 2 is 2.04 bits per heavy atom. The topological polar surface area (TPSA) is 62.5 Å². The Bertz CT molecular complexity index is 666. The maximum Gasteiger partial charge on any atom is 0.191 e. The van der Waals surface area contributed by atoms with Crippen LogP contribution in [-0.4, -0.2) is 17.7 Å². The Hall–Kier alpha value is -1.16. The van der Waals surface area contributed by atoms with E-state index in [9.17, 15) is 4.39 Å². The average Bonchev–Trinajstić information content (AvgIpc) is 2.80. The molecule has 0 unspecified atom stereocenters. The van der Waals surface area contributed by atoms with Crippen LogP contribution in [-0.2, 0) is 13.1 Å². The number of nitrogens with one attached hydrogen (secondary N) is 2. The molecule has 0 amide bonds. The van der Waals surface area contributed by atoms with E-state index in [4.69, 9.17) is 4.52 Å². The molecular weight excluding hydrogens is 490 g/mol. The first-order valence-electron chi connectivity index (χ1n) is 7.38. The zero-order valence-corrected chi connectivity index (χ0v) is 17.7. The minimum Gasteiger partial charge on any atom is -0.361 e. The normalized spacial score (nSPS) is 11.1. The molecule has 5 nitrogen and oxygen atoms in total. The van der Waals surface area contributed by atoms with Gasteiger partial charge in [-0.05, 0) is 44.5 Å². The van der Waals surface area contributed by atoms with Crippen molar-refractivity contribution < 1.29 is 8.91 Å². The van der Waals surface area contributed by atoms with Gasteiger partial charge in [0.2, 0.25) is 0 Å². The summed E-state index contributed by atoms with van der Waals surface area (Å²) in [5.74, 6) is 1.17. The van der Waals surface area contributed by atoms with Crippen molar-refractivity contribution in [2.24, 2.45) is 4.99 Å². The fraction of sp³-hybridized carbons (Fsp3) is 0.375. The summed E-state index contributed by atoms with van der Waals surface area (Å²) in [6, 6.07) is 4.75. The van der Waals surface area contributed by atoms with Crippen molar-refractivity contribution in [3.63, 3.8) is 0 Å². The lowest BCUT2D eigenvalue weighted by Gasteiger charge is -2.11. The lowest BCUT2D eigenvalue weighted by molar-refractivity contribution is 0.392. The SMILES string of the molecule is CCNC(=NCc1cc(F)cc(Br)c1)NCc1c(C)noc1C.I. The van der Waals surface area contributed by atoms with Crippen molar-refractivity contribution in [3.05, 3.63) is 51.1 Å². The molecule has 2 N–H and O–H groups in total. The van der Waals surface area contributed by atoms with Crippen LogP contribution >= 0.6 is 39.9 Å².